The van der Waals surface area contributed by atoms with E-state index in [1.807, 2.05) is 12.1 Å². The lowest BCUT2D eigenvalue weighted by Gasteiger charge is -2.35. The Morgan fingerprint density at radius 3 is 2.67 bits per heavy atom. The number of carbonyl (C=O) groups excluding carboxylic acids is 1. The first-order chi connectivity index (χ1) is 12.9. The summed E-state index contributed by atoms with van der Waals surface area (Å²) in [5, 5.41) is 8.93. The lowest BCUT2D eigenvalue weighted by Crippen LogP contribution is -2.40. The summed E-state index contributed by atoms with van der Waals surface area (Å²) in [5.41, 5.74) is 2.95. The molecule has 3 aliphatic rings. The molecule has 1 aromatic rings. The van der Waals surface area contributed by atoms with Gasteiger partial charge < -0.3 is 5.11 Å². The number of benzene rings is 1. The molecule has 1 saturated heterocycles. The molecule has 1 heterocycles. The molecule has 0 amide bonds. The van der Waals surface area contributed by atoms with E-state index in [9.17, 15) is 13.2 Å². The highest BCUT2D eigenvalue weighted by molar-refractivity contribution is 7.89. The summed E-state index contributed by atoms with van der Waals surface area (Å²) >= 11 is 0. The number of nitrogens with zero attached hydrogens (tertiary/aromatic N) is 1. The van der Waals surface area contributed by atoms with Gasteiger partial charge in [0.25, 0.3) is 0 Å². The first kappa shape index (κ1) is 19.1. The minimum atomic E-state index is -3.19. The number of ketones is 1. The number of hydrogen-bond donors (Lipinski definition) is 1. The number of aryl methyl sites for hydroxylation is 1. The van der Waals surface area contributed by atoms with Gasteiger partial charge in [0.1, 0.15) is 6.61 Å². The van der Waals surface area contributed by atoms with Gasteiger partial charge in [-0.15, -0.1) is 0 Å². The summed E-state index contributed by atoms with van der Waals surface area (Å²) in [6.45, 7) is 0.768. The number of hydrogen-bond acceptors (Lipinski definition) is 4. The predicted octanol–water partition coefficient (Wildman–Crippen LogP) is 2.70. The average molecular weight is 392 g/mol. The molecule has 148 valence electrons. The maximum absolute atomic E-state index is 13.1. The van der Waals surface area contributed by atoms with E-state index in [2.05, 4.69) is 0 Å². The van der Waals surface area contributed by atoms with Crippen molar-refractivity contribution in [2.45, 2.75) is 63.0 Å². The van der Waals surface area contributed by atoms with E-state index in [-0.39, 0.29) is 16.4 Å². The Labute approximate surface area is 161 Å². The molecule has 27 heavy (non-hydrogen) atoms. The molecule has 4 rings (SSSR count). The fraction of sp³-hybridized carbons (Fsp3) is 0.667. The van der Waals surface area contributed by atoms with E-state index in [1.165, 1.54) is 5.56 Å². The quantitative estimate of drug-likeness (QED) is 0.801. The lowest BCUT2D eigenvalue weighted by molar-refractivity contribution is 0.0903. The molecule has 0 radical (unpaired) electrons. The second kappa shape index (κ2) is 7.30. The summed E-state index contributed by atoms with van der Waals surface area (Å²) in [6, 6.07) is 5.70. The Morgan fingerprint density at radius 1 is 1.15 bits per heavy atom. The third-order valence-corrected chi connectivity index (χ3v) is 9.24. The van der Waals surface area contributed by atoms with Crippen LogP contribution in [0.3, 0.4) is 0 Å². The van der Waals surface area contributed by atoms with Crippen LogP contribution in [-0.4, -0.2) is 48.6 Å². The molecule has 1 saturated carbocycles. The van der Waals surface area contributed by atoms with Gasteiger partial charge in [-0.1, -0.05) is 31.4 Å². The van der Waals surface area contributed by atoms with Crippen LogP contribution in [0.5, 0.6) is 0 Å². The summed E-state index contributed by atoms with van der Waals surface area (Å²) in [4.78, 5) is 11.8. The van der Waals surface area contributed by atoms with E-state index < -0.39 is 16.6 Å². The minimum absolute atomic E-state index is 0.00434. The van der Waals surface area contributed by atoms with Gasteiger partial charge in [0.2, 0.25) is 10.0 Å². The first-order valence-electron chi connectivity index (χ1n) is 10.2. The zero-order chi connectivity index (χ0) is 19.1. The molecule has 0 aromatic heterocycles. The van der Waals surface area contributed by atoms with Gasteiger partial charge in [0, 0.05) is 18.7 Å². The highest BCUT2D eigenvalue weighted by Crippen LogP contribution is 2.44. The molecule has 0 bridgehead atoms. The lowest BCUT2D eigenvalue weighted by atomic mass is 9.71. The Morgan fingerprint density at radius 2 is 1.93 bits per heavy atom. The van der Waals surface area contributed by atoms with Crippen molar-refractivity contribution in [1.29, 1.82) is 0 Å². The van der Waals surface area contributed by atoms with Crippen LogP contribution in [0, 0.1) is 5.41 Å². The Bertz CT molecular complexity index is 829. The van der Waals surface area contributed by atoms with Crippen molar-refractivity contribution in [3.05, 3.63) is 34.9 Å². The van der Waals surface area contributed by atoms with Gasteiger partial charge in [-0.05, 0) is 61.1 Å². The van der Waals surface area contributed by atoms with Crippen LogP contribution in [0.1, 0.15) is 66.4 Å². The monoisotopic (exact) mass is 391 g/mol. The predicted molar refractivity (Wildman–Crippen MR) is 104 cm³/mol. The van der Waals surface area contributed by atoms with Gasteiger partial charge in [-0.25, -0.2) is 12.7 Å². The maximum atomic E-state index is 13.1. The van der Waals surface area contributed by atoms with Crippen LogP contribution in [0.15, 0.2) is 18.2 Å². The molecule has 1 atom stereocenters. The van der Waals surface area contributed by atoms with Gasteiger partial charge in [0.05, 0.1) is 5.25 Å². The standard InChI is InChI=1S/C21H29NO4S/c23-14-20(24)17-7-6-16-8-9-21(13-18(16)12-17)10-11-22(15-21)27(25,26)19-4-2-1-3-5-19/h6-7,12,19,23H,1-5,8-11,13-15H2. The number of rotatable bonds is 4. The van der Waals surface area contributed by atoms with Crippen molar-refractivity contribution in [1.82, 2.24) is 4.31 Å². The molecule has 2 aliphatic carbocycles. The van der Waals surface area contributed by atoms with Crippen molar-refractivity contribution in [2.24, 2.45) is 5.41 Å². The number of Topliss-reactive ketones (excluding diaryl/α,β-unsaturated/α-hetero) is 1. The van der Waals surface area contributed by atoms with Crippen LogP contribution < -0.4 is 0 Å². The summed E-state index contributed by atoms with van der Waals surface area (Å²) in [5.74, 6) is -0.259. The van der Waals surface area contributed by atoms with Crippen molar-refractivity contribution in [3.63, 3.8) is 0 Å². The maximum Gasteiger partial charge on any atom is 0.216 e. The van der Waals surface area contributed by atoms with Crippen molar-refractivity contribution < 1.29 is 18.3 Å². The second-order valence-electron chi connectivity index (χ2n) is 8.63. The molecular formula is C21H29NO4S. The van der Waals surface area contributed by atoms with Crippen LogP contribution in [0.2, 0.25) is 0 Å². The fourth-order valence-corrected chi connectivity index (χ4v) is 7.38. The minimum Gasteiger partial charge on any atom is -0.388 e. The second-order valence-corrected chi connectivity index (χ2v) is 10.8. The highest BCUT2D eigenvalue weighted by Gasteiger charge is 2.46. The van der Waals surface area contributed by atoms with E-state index in [4.69, 9.17) is 5.11 Å². The average Bonchev–Trinajstić information content (AvgIpc) is 3.11. The smallest absolute Gasteiger partial charge is 0.216 e. The Kier molecular flexibility index (Phi) is 5.16. The van der Waals surface area contributed by atoms with Gasteiger partial charge in [-0.3, -0.25) is 4.79 Å². The van der Waals surface area contributed by atoms with Crippen molar-refractivity contribution in [3.8, 4) is 0 Å². The van der Waals surface area contributed by atoms with E-state index >= 15 is 0 Å². The summed E-state index contributed by atoms with van der Waals surface area (Å²) in [7, 11) is -3.19. The van der Waals surface area contributed by atoms with Gasteiger partial charge in [-0.2, -0.15) is 0 Å². The normalized spacial score (nSPS) is 27.0. The zero-order valence-electron chi connectivity index (χ0n) is 15.8. The number of aliphatic hydroxyl groups excluding tert-OH is 1. The van der Waals surface area contributed by atoms with Crippen LogP contribution in [0.4, 0.5) is 0 Å². The molecule has 5 nitrogen and oxygen atoms in total. The largest absolute Gasteiger partial charge is 0.388 e. The van der Waals surface area contributed by atoms with Crippen LogP contribution >= 0.6 is 0 Å². The van der Waals surface area contributed by atoms with Crippen LogP contribution in [0.25, 0.3) is 0 Å². The van der Waals surface area contributed by atoms with Gasteiger partial charge in [0.15, 0.2) is 5.78 Å². The third-order valence-electron chi connectivity index (χ3n) is 6.90. The van der Waals surface area contributed by atoms with Gasteiger partial charge >= 0.3 is 0 Å². The molecular weight excluding hydrogens is 362 g/mol. The molecule has 1 spiro atoms. The molecule has 2 fully saturated rings. The molecule has 6 heteroatoms. The van der Waals surface area contributed by atoms with E-state index in [0.29, 0.717) is 18.7 Å². The number of sulfonamides is 1. The molecule has 1 N–H and O–H groups in total. The van der Waals surface area contributed by atoms with Crippen molar-refractivity contribution >= 4 is 15.8 Å². The third kappa shape index (κ3) is 3.59. The van der Waals surface area contributed by atoms with E-state index in [0.717, 1.165) is 63.4 Å². The number of aliphatic hydroxyl groups is 1. The molecule has 1 unspecified atom stereocenters. The highest BCUT2D eigenvalue weighted by atomic mass is 32.2. The SMILES string of the molecule is O=C(CO)c1ccc2c(c1)CC1(CC2)CCN(S(=O)(=O)C2CCCCC2)C1. The zero-order valence-corrected chi connectivity index (χ0v) is 16.6. The molecule has 1 aromatic carbocycles. The van der Waals surface area contributed by atoms with Crippen molar-refractivity contribution in [2.75, 3.05) is 19.7 Å². The topological polar surface area (TPSA) is 74.7 Å². The number of carbonyl (C=O) groups is 1. The summed E-state index contributed by atoms with van der Waals surface area (Å²) < 4.78 is 28.0. The van der Waals surface area contributed by atoms with Crippen LogP contribution in [-0.2, 0) is 22.9 Å². The Balaban J connectivity index is 1.52. The van der Waals surface area contributed by atoms with E-state index in [1.54, 1.807) is 10.4 Å². The summed E-state index contributed by atoms with van der Waals surface area (Å²) in [6.07, 6.45) is 8.48. The molecule has 1 aliphatic heterocycles. The first-order valence-corrected chi connectivity index (χ1v) is 11.7. The number of fused-ring (bicyclic) bond motifs is 1. The fourth-order valence-electron chi connectivity index (χ4n) is 5.22. The Hall–Kier alpha value is -1.24.